The van der Waals surface area contributed by atoms with Gasteiger partial charge in [-0.3, -0.25) is 14.8 Å². The maximum atomic E-state index is 12.3. The predicted molar refractivity (Wildman–Crippen MR) is 103 cm³/mol. The molecule has 3 aromatic rings. The maximum absolute atomic E-state index is 12.3. The summed E-state index contributed by atoms with van der Waals surface area (Å²) in [7, 11) is -2.02. The Labute approximate surface area is 161 Å². The zero-order valence-electron chi connectivity index (χ0n) is 15.2. The van der Waals surface area contributed by atoms with Crippen molar-refractivity contribution in [3.8, 4) is 17.0 Å². The Bertz CT molecular complexity index is 1170. The number of amides is 1. The fraction of sp³-hybridized carbons (Fsp3) is 0.294. The van der Waals surface area contributed by atoms with Gasteiger partial charge in [0, 0.05) is 30.4 Å². The largest absolute Gasteiger partial charge is 0.480 e. The summed E-state index contributed by atoms with van der Waals surface area (Å²) in [5, 5.41) is 6.37. The topological polar surface area (TPSA) is 128 Å². The molecule has 1 fully saturated rings. The molecule has 0 unspecified atom stereocenters. The van der Waals surface area contributed by atoms with Crippen LogP contribution in [0.5, 0.6) is 5.88 Å². The highest BCUT2D eigenvalue weighted by molar-refractivity contribution is 7.93. The molecule has 146 valence electrons. The zero-order chi connectivity index (χ0) is 19.9. The number of hydrogen-bond donors (Lipinski definition) is 2. The number of fused-ring (bicyclic) bond motifs is 1. The number of nitrogens with one attached hydrogen (secondary N) is 2. The van der Waals surface area contributed by atoms with Crippen LogP contribution in [0.2, 0.25) is 0 Å². The van der Waals surface area contributed by atoms with Gasteiger partial charge in [-0.1, -0.05) is 0 Å². The minimum Gasteiger partial charge on any atom is -0.480 e. The van der Waals surface area contributed by atoms with Crippen LogP contribution in [0.4, 0.5) is 11.6 Å². The van der Waals surface area contributed by atoms with E-state index in [4.69, 9.17) is 4.74 Å². The highest BCUT2D eigenvalue weighted by atomic mass is 32.2. The van der Waals surface area contributed by atoms with Crippen molar-refractivity contribution in [3.63, 3.8) is 0 Å². The van der Waals surface area contributed by atoms with Crippen molar-refractivity contribution < 1.29 is 17.9 Å². The average Bonchev–Trinajstić information content (AvgIpc) is 3.42. The Morgan fingerprint density at radius 3 is 2.75 bits per heavy atom. The fourth-order valence-electron chi connectivity index (χ4n) is 2.73. The van der Waals surface area contributed by atoms with E-state index < -0.39 is 10.0 Å². The molecule has 0 spiro atoms. The lowest BCUT2D eigenvalue weighted by Crippen LogP contribution is -2.18. The molecule has 0 aromatic carbocycles. The Kier molecular flexibility index (Phi) is 4.38. The van der Waals surface area contributed by atoms with E-state index in [1.807, 2.05) is 6.07 Å². The molecule has 0 aliphatic heterocycles. The number of methoxy groups -OCH3 is 1. The van der Waals surface area contributed by atoms with Gasteiger partial charge in [0.2, 0.25) is 27.8 Å². The van der Waals surface area contributed by atoms with Crippen molar-refractivity contribution in [1.29, 1.82) is 0 Å². The quantitative estimate of drug-likeness (QED) is 0.642. The number of aromatic nitrogens is 4. The zero-order valence-corrected chi connectivity index (χ0v) is 16.0. The van der Waals surface area contributed by atoms with Gasteiger partial charge in [0.1, 0.15) is 5.69 Å². The van der Waals surface area contributed by atoms with Gasteiger partial charge in [-0.15, -0.1) is 5.10 Å². The van der Waals surface area contributed by atoms with Gasteiger partial charge >= 0.3 is 0 Å². The van der Waals surface area contributed by atoms with E-state index in [9.17, 15) is 13.2 Å². The van der Waals surface area contributed by atoms with Crippen LogP contribution in [0.3, 0.4) is 0 Å². The van der Waals surface area contributed by atoms with Crippen LogP contribution in [-0.4, -0.2) is 46.3 Å². The summed E-state index contributed by atoms with van der Waals surface area (Å²) in [5.74, 6) is 0.140. The van der Waals surface area contributed by atoms with Crippen LogP contribution in [0.15, 0.2) is 30.6 Å². The first kappa shape index (κ1) is 18.2. The summed E-state index contributed by atoms with van der Waals surface area (Å²) >= 11 is 0. The summed E-state index contributed by atoms with van der Waals surface area (Å²) in [5.41, 5.74) is 2.26. The highest BCUT2D eigenvalue weighted by Crippen LogP contribution is 2.34. The van der Waals surface area contributed by atoms with E-state index >= 15 is 0 Å². The van der Waals surface area contributed by atoms with Crippen LogP contribution >= 0.6 is 0 Å². The van der Waals surface area contributed by atoms with Crippen molar-refractivity contribution >= 4 is 33.2 Å². The summed E-state index contributed by atoms with van der Waals surface area (Å²) < 4.78 is 33.9. The SMILES string of the molecule is COc1ncc(-c2ccc3nc(NC(C)=O)nn3c2)cc1NS(=O)(=O)C1CC1. The molecular formula is C17H18N6O4S. The summed E-state index contributed by atoms with van der Waals surface area (Å²) in [6, 6.07) is 5.22. The minimum absolute atomic E-state index is 0.197. The second-order valence-electron chi connectivity index (χ2n) is 6.46. The molecule has 0 radical (unpaired) electrons. The van der Waals surface area contributed by atoms with Crippen molar-refractivity contribution in [1.82, 2.24) is 19.6 Å². The summed E-state index contributed by atoms with van der Waals surface area (Å²) in [4.78, 5) is 19.6. The van der Waals surface area contributed by atoms with Gasteiger partial charge in [0.05, 0.1) is 12.4 Å². The smallest absolute Gasteiger partial charge is 0.249 e. The molecule has 1 aliphatic rings. The second-order valence-corrected chi connectivity index (χ2v) is 8.43. The summed E-state index contributed by atoms with van der Waals surface area (Å²) in [6.07, 6.45) is 4.62. The van der Waals surface area contributed by atoms with Crippen LogP contribution < -0.4 is 14.8 Å². The van der Waals surface area contributed by atoms with E-state index in [0.717, 1.165) is 5.56 Å². The number of sulfonamides is 1. The van der Waals surface area contributed by atoms with Gasteiger partial charge in [-0.2, -0.15) is 4.98 Å². The molecule has 28 heavy (non-hydrogen) atoms. The van der Waals surface area contributed by atoms with Gasteiger partial charge in [0.25, 0.3) is 0 Å². The first-order valence-corrected chi connectivity index (χ1v) is 10.1. The second kappa shape index (κ2) is 6.75. The third-order valence-corrected chi connectivity index (χ3v) is 6.07. The van der Waals surface area contributed by atoms with Gasteiger partial charge in [-0.05, 0) is 31.0 Å². The number of hydrogen-bond acceptors (Lipinski definition) is 7. The molecule has 0 bridgehead atoms. The molecule has 1 aliphatic carbocycles. The molecule has 1 saturated carbocycles. The number of carbonyl (C=O) groups is 1. The number of carbonyl (C=O) groups excluding carboxylic acids is 1. The third-order valence-electron chi connectivity index (χ3n) is 4.21. The third kappa shape index (κ3) is 3.60. The minimum atomic E-state index is -3.45. The number of pyridine rings is 2. The van der Waals surface area contributed by atoms with Crippen LogP contribution in [0.1, 0.15) is 19.8 Å². The van der Waals surface area contributed by atoms with E-state index in [0.29, 0.717) is 24.1 Å². The Balaban J connectivity index is 1.70. The molecule has 3 heterocycles. The monoisotopic (exact) mass is 402 g/mol. The fourth-order valence-corrected chi connectivity index (χ4v) is 4.10. The Morgan fingerprint density at radius 2 is 2.07 bits per heavy atom. The lowest BCUT2D eigenvalue weighted by atomic mass is 10.1. The molecule has 11 heteroatoms. The highest BCUT2D eigenvalue weighted by Gasteiger charge is 2.36. The Morgan fingerprint density at radius 1 is 1.29 bits per heavy atom. The lowest BCUT2D eigenvalue weighted by Gasteiger charge is -2.12. The van der Waals surface area contributed by atoms with Crippen LogP contribution in [0, 0.1) is 0 Å². The van der Waals surface area contributed by atoms with Crippen molar-refractivity contribution in [2.75, 3.05) is 17.1 Å². The van der Waals surface area contributed by atoms with E-state index in [-0.39, 0.29) is 28.7 Å². The van der Waals surface area contributed by atoms with Crippen LogP contribution in [0.25, 0.3) is 16.8 Å². The van der Waals surface area contributed by atoms with E-state index in [1.54, 1.807) is 24.5 Å². The maximum Gasteiger partial charge on any atom is 0.249 e. The molecule has 10 nitrogen and oxygen atoms in total. The number of anilines is 2. The van der Waals surface area contributed by atoms with E-state index in [2.05, 4.69) is 25.1 Å². The van der Waals surface area contributed by atoms with Crippen molar-refractivity contribution in [2.24, 2.45) is 0 Å². The lowest BCUT2D eigenvalue weighted by molar-refractivity contribution is -0.114. The molecule has 1 amide bonds. The molecule has 3 aromatic heterocycles. The average molecular weight is 402 g/mol. The number of ether oxygens (including phenoxy) is 1. The van der Waals surface area contributed by atoms with Gasteiger partial charge < -0.3 is 4.74 Å². The normalized spacial score (nSPS) is 14.1. The standard InChI is InChI=1S/C17H18N6O4S/c1-10(24)19-17-20-15-6-3-11(9-23(15)21-17)12-7-14(16(27-2)18-8-12)22-28(25,26)13-4-5-13/h3,6-9,13,22H,4-5H2,1-2H3,(H,19,21,24). The first-order valence-electron chi connectivity index (χ1n) is 8.56. The van der Waals surface area contributed by atoms with Gasteiger partial charge in [0.15, 0.2) is 5.65 Å². The van der Waals surface area contributed by atoms with Gasteiger partial charge in [-0.25, -0.2) is 17.9 Å². The van der Waals surface area contributed by atoms with E-state index in [1.165, 1.54) is 18.5 Å². The number of nitrogens with zero attached hydrogens (tertiary/aromatic N) is 4. The number of rotatable bonds is 6. The molecule has 2 N–H and O–H groups in total. The molecule has 0 saturated heterocycles. The first-order chi connectivity index (χ1) is 13.4. The molecule has 0 atom stereocenters. The van der Waals surface area contributed by atoms with Crippen molar-refractivity contribution in [2.45, 2.75) is 25.0 Å². The molecule has 4 rings (SSSR count). The Hall–Kier alpha value is -3.21. The predicted octanol–water partition coefficient (Wildman–Crippen LogP) is 1.66. The van der Waals surface area contributed by atoms with Crippen LogP contribution in [-0.2, 0) is 14.8 Å². The summed E-state index contributed by atoms with van der Waals surface area (Å²) in [6.45, 7) is 1.38. The molecular weight excluding hydrogens is 384 g/mol. The van der Waals surface area contributed by atoms with Crippen molar-refractivity contribution in [3.05, 3.63) is 30.6 Å².